The Morgan fingerprint density at radius 2 is 1.21 bits per heavy atom. The number of nitrogens with one attached hydrogen (secondary N) is 1. The normalized spacial score (nSPS) is 18.7. The van der Waals surface area contributed by atoms with Gasteiger partial charge in [-0.15, -0.1) is 0 Å². The number of ketones is 1. The van der Waals surface area contributed by atoms with E-state index in [0.717, 1.165) is 25.9 Å². The predicted octanol–water partition coefficient (Wildman–Crippen LogP) is 3.19. The van der Waals surface area contributed by atoms with Crippen molar-refractivity contribution < 1.29 is 23.9 Å². The summed E-state index contributed by atoms with van der Waals surface area (Å²) in [5.41, 5.74) is -0.852. The maximum Gasteiger partial charge on any atom is 0.410 e. The van der Waals surface area contributed by atoms with Crippen molar-refractivity contribution in [1.29, 1.82) is 0 Å². The molecule has 8 heteroatoms. The number of hydrogen-bond donors (Lipinski definition) is 1. The molecule has 0 aromatic carbocycles. The van der Waals surface area contributed by atoms with Gasteiger partial charge in [-0.25, -0.2) is 9.59 Å². The van der Waals surface area contributed by atoms with Gasteiger partial charge in [-0.3, -0.25) is 4.79 Å². The smallest absolute Gasteiger partial charge is 0.410 e. The fourth-order valence-corrected chi connectivity index (χ4v) is 2.94. The van der Waals surface area contributed by atoms with Crippen LogP contribution in [0.4, 0.5) is 9.59 Å². The van der Waals surface area contributed by atoms with Crippen LogP contribution in [0.25, 0.3) is 0 Å². The zero-order chi connectivity index (χ0) is 22.2. The van der Waals surface area contributed by atoms with Crippen LogP contribution in [0.5, 0.6) is 0 Å². The molecule has 0 aromatic heterocycles. The SMILES string of the molecule is CC(C)(C)OC(=O)N1CCC(=O)CC1.CNC1CCN(C(=O)OC(C)(C)C)CC1. The lowest BCUT2D eigenvalue weighted by molar-refractivity contribution is -0.121. The van der Waals surface area contributed by atoms with Crippen LogP contribution in [0.1, 0.15) is 67.2 Å². The Hall–Kier alpha value is -1.83. The molecule has 2 rings (SSSR count). The number of carbonyl (C=O) groups is 3. The van der Waals surface area contributed by atoms with Gasteiger partial charge in [0.2, 0.25) is 0 Å². The summed E-state index contributed by atoms with van der Waals surface area (Å²) in [4.78, 5) is 37.5. The van der Waals surface area contributed by atoms with E-state index in [9.17, 15) is 14.4 Å². The van der Waals surface area contributed by atoms with E-state index in [2.05, 4.69) is 5.32 Å². The average molecular weight is 414 g/mol. The van der Waals surface area contributed by atoms with E-state index in [1.165, 1.54) is 0 Å². The van der Waals surface area contributed by atoms with Gasteiger partial charge >= 0.3 is 12.2 Å². The lowest BCUT2D eigenvalue weighted by Crippen LogP contribution is -2.45. The van der Waals surface area contributed by atoms with Crippen LogP contribution in [0.2, 0.25) is 0 Å². The Balaban J connectivity index is 0.000000291. The second-order valence-electron chi connectivity index (χ2n) is 9.54. The maximum absolute atomic E-state index is 11.7. The summed E-state index contributed by atoms with van der Waals surface area (Å²) in [5.74, 6) is 0.227. The molecular weight excluding hydrogens is 374 g/mol. The summed E-state index contributed by atoms with van der Waals surface area (Å²) in [6.07, 6.45) is 2.44. The lowest BCUT2D eigenvalue weighted by Gasteiger charge is -2.33. The van der Waals surface area contributed by atoms with Gasteiger partial charge in [-0.2, -0.15) is 0 Å². The van der Waals surface area contributed by atoms with Crippen molar-refractivity contribution >= 4 is 18.0 Å². The van der Waals surface area contributed by atoms with E-state index < -0.39 is 11.2 Å². The Bertz CT molecular complexity index is 548. The first-order valence-electron chi connectivity index (χ1n) is 10.5. The Kier molecular flexibility index (Phi) is 9.39. The number of nitrogens with zero attached hydrogens (tertiary/aromatic N) is 2. The van der Waals surface area contributed by atoms with Crippen molar-refractivity contribution in [2.45, 2.75) is 84.5 Å². The highest BCUT2D eigenvalue weighted by Gasteiger charge is 2.26. The second-order valence-corrected chi connectivity index (χ2v) is 9.54. The number of carbonyl (C=O) groups excluding carboxylic acids is 3. The molecule has 2 aliphatic heterocycles. The molecule has 0 aliphatic carbocycles. The van der Waals surface area contributed by atoms with Gasteiger partial charge in [0.05, 0.1) is 0 Å². The van der Waals surface area contributed by atoms with E-state index in [0.29, 0.717) is 32.0 Å². The van der Waals surface area contributed by atoms with Crippen molar-refractivity contribution in [3.63, 3.8) is 0 Å². The van der Waals surface area contributed by atoms with Crippen LogP contribution in [0.15, 0.2) is 0 Å². The molecule has 1 N–H and O–H groups in total. The van der Waals surface area contributed by atoms with E-state index in [4.69, 9.17) is 9.47 Å². The van der Waals surface area contributed by atoms with Gasteiger partial charge in [0, 0.05) is 45.1 Å². The Morgan fingerprint density at radius 1 is 0.828 bits per heavy atom. The number of hydrogen-bond acceptors (Lipinski definition) is 6. The van der Waals surface area contributed by atoms with E-state index >= 15 is 0 Å². The molecule has 0 saturated carbocycles. The third kappa shape index (κ3) is 10.5. The van der Waals surface area contributed by atoms with Crippen molar-refractivity contribution in [2.24, 2.45) is 0 Å². The highest BCUT2D eigenvalue weighted by molar-refractivity contribution is 5.81. The minimum Gasteiger partial charge on any atom is -0.444 e. The molecule has 0 bridgehead atoms. The summed E-state index contributed by atoms with van der Waals surface area (Å²) in [6.45, 7) is 13.8. The largest absolute Gasteiger partial charge is 0.444 e. The fraction of sp³-hybridized carbons (Fsp3) is 0.857. The fourth-order valence-electron chi connectivity index (χ4n) is 2.94. The molecule has 2 amide bonds. The predicted molar refractivity (Wildman–Crippen MR) is 112 cm³/mol. The van der Waals surface area contributed by atoms with Crippen molar-refractivity contribution in [3.8, 4) is 0 Å². The van der Waals surface area contributed by atoms with Gasteiger partial charge in [-0.1, -0.05) is 0 Å². The molecule has 29 heavy (non-hydrogen) atoms. The number of ether oxygens (including phenoxy) is 2. The third-order valence-electron chi connectivity index (χ3n) is 4.53. The van der Waals surface area contributed by atoms with Crippen molar-refractivity contribution in [1.82, 2.24) is 15.1 Å². The number of likely N-dealkylation sites (tertiary alicyclic amines) is 2. The first-order valence-corrected chi connectivity index (χ1v) is 10.5. The van der Waals surface area contributed by atoms with Gasteiger partial charge in [0.1, 0.15) is 17.0 Å². The third-order valence-corrected chi connectivity index (χ3v) is 4.53. The molecule has 2 saturated heterocycles. The van der Waals surface area contributed by atoms with Gasteiger partial charge in [0.15, 0.2) is 0 Å². The molecule has 0 unspecified atom stereocenters. The van der Waals surface area contributed by atoms with Crippen molar-refractivity contribution in [3.05, 3.63) is 0 Å². The summed E-state index contributed by atoms with van der Waals surface area (Å²) in [7, 11) is 1.97. The molecule has 0 atom stereocenters. The first-order chi connectivity index (χ1) is 13.3. The molecular formula is C21H39N3O5. The molecule has 0 spiro atoms. The number of rotatable bonds is 1. The van der Waals surface area contributed by atoms with Crippen LogP contribution in [-0.2, 0) is 14.3 Å². The molecule has 0 radical (unpaired) electrons. The second kappa shape index (κ2) is 10.8. The van der Waals surface area contributed by atoms with E-state index in [1.807, 2.05) is 48.6 Å². The lowest BCUT2D eigenvalue weighted by atomic mass is 10.1. The van der Waals surface area contributed by atoms with Crippen LogP contribution < -0.4 is 5.32 Å². The Morgan fingerprint density at radius 3 is 1.55 bits per heavy atom. The van der Waals surface area contributed by atoms with Gasteiger partial charge in [-0.05, 0) is 61.4 Å². The maximum atomic E-state index is 11.7. The number of amides is 2. The first kappa shape index (κ1) is 25.2. The summed E-state index contributed by atoms with van der Waals surface area (Å²) >= 11 is 0. The van der Waals surface area contributed by atoms with Crippen LogP contribution in [-0.4, -0.2) is 78.2 Å². The van der Waals surface area contributed by atoms with E-state index in [1.54, 1.807) is 9.80 Å². The molecule has 2 heterocycles. The monoisotopic (exact) mass is 413 g/mol. The van der Waals surface area contributed by atoms with Crippen LogP contribution in [0.3, 0.4) is 0 Å². The summed E-state index contributed by atoms with van der Waals surface area (Å²) in [5, 5.41) is 3.23. The minimum absolute atomic E-state index is 0.183. The average Bonchev–Trinajstić information content (AvgIpc) is 2.60. The van der Waals surface area contributed by atoms with Gasteiger partial charge < -0.3 is 24.6 Å². The van der Waals surface area contributed by atoms with Gasteiger partial charge in [0.25, 0.3) is 0 Å². The molecule has 0 aromatic rings. The zero-order valence-corrected chi connectivity index (χ0v) is 19.2. The summed E-state index contributed by atoms with van der Waals surface area (Å²) in [6, 6.07) is 0.545. The van der Waals surface area contributed by atoms with E-state index in [-0.39, 0.29) is 18.0 Å². The molecule has 8 nitrogen and oxygen atoms in total. The van der Waals surface area contributed by atoms with Crippen LogP contribution in [0, 0.1) is 0 Å². The quantitative estimate of drug-likeness (QED) is 0.710. The topological polar surface area (TPSA) is 88.2 Å². The Labute approximate surface area is 175 Å². The zero-order valence-electron chi connectivity index (χ0n) is 19.2. The minimum atomic E-state index is -0.460. The van der Waals surface area contributed by atoms with Crippen LogP contribution >= 0.6 is 0 Å². The number of Topliss-reactive ketones (excluding diaryl/α,β-unsaturated/α-hetero) is 1. The summed E-state index contributed by atoms with van der Waals surface area (Å²) < 4.78 is 10.5. The molecule has 2 fully saturated rings. The standard InChI is InChI=1S/C11H22N2O2.C10H17NO3/c1-11(2,3)15-10(14)13-7-5-9(12-4)6-8-13;1-10(2,3)14-9(13)11-6-4-8(12)5-7-11/h9,12H,5-8H2,1-4H3;4-7H2,1-3H3. The van der Waals surface area contributed by atoms with Crippen molar-refractivity contribution in [2.75, 3.05) is 33.2 Å². The number of piperidine rings is 2. The molecule has 168 valence electrons. The highest BCUT2D eigenvalue weighted by atomic mass is 16.6. The highest BCUT2D eigenvalue weighted by Crippen LogP contribution is 2.15. The molecule has 2 aliphatic rings.